The van der Waals surface area contributed by atoms with Crippen LogP contribution in [0.2, 0.25) is 0 Å². The average Bonchev–Trinajstić information content (AvgIpc) is 3.39. The minimum Gasteiger partial charge on any atom is -0.0622 e. The monoisotopic (exact) mass is 596 g/mol. The molecule has 0 heteroatoms. The summed E-state index contributed by atoms with van der Waals surface area (Å²) in [5, 5.41) is 13.1. The predicted molar refractivity (Wildman–Crippen MR) is 203 cm³/mol. The van der Waals surface area contributed by atoms with Crippen molar-refractivity contribution in [1.82, 2.24) is 0 Å². The first-order valence-corrected chi connectivity index (χ1v) is 16.6. The van der Waals surface area contributed by atoms with Gasteiger partial charge >= 0.3 is 0 Å². The third-order valence-electron chi connectivity index (χ3n) is 10.8. The summed E-state index contributed by atoms with van der Waals surface area (Å²) in [6.45, 7) is 4.76. The SMILES string of the molecule is CC1(C)C(c2c3ccccc3c(-c3ccc4ccc5c(-c6ccccc6)ccc6ccc3c4c65)c3ccccc23)=Cc2ccccc21. The Balaban J connectivity index is 1.31. The van der Waals surface area contributed by atoms with Gasteiger partial charge < -0.3 is 0 Å². The molecule has 0 aliphatic heterocycles. The molecule has 0 aromatic heterocycles. The summed E-state index contributed by atoms with van der Waals surface area (Å²) in [6, 6.07) is 56.4. The molecule has 47 heavy (non-hydrogen) atoms. The van der Waals surface area contributed by atoms with Crippen molar-refractivity contribution in [3.05, 3.63) is 168 Å². The van der Waals surface area contributed by atoms with Gasteiger partial charge in [0.2, 0.25) is 0 Å². The number of hydrogen-bond donors (Lipinski definition) is 0. The maximum atomic E-state index is 2.43. The van der Waals surface area contributed by atoms with Gasteiger partial charge in [0.05, 0.1) is 0 Å². The summed E-state index contributed by atoms with van der Waals surface area (Å²) < 4.78 is 0. The van der Waals surface area contributed by atoms with Crippen LogP contribution in [0.1, 0.15) is 30.5 Å². The van der Waals surface area contributed by atoms with Crippen LogP contribution in [-0.2, 0) is 5.41 Å². The van der Waals surface area contributed by atoms with Crippen molar-refractivity contribution in [2.45, 2.75) is 19.3 Å². The standard InChI is InChI=1S/C47H32/c1-47(2)41-19-11-6-14-32(41)28-42(47)46-36-17-9-7-15-34(36)45(35-16-8-10-18-37(35)46)40-27-23-31-21-25-38-33(29-12-4-3-5-13-29)24-20-30-22-26-39(40)44(31)43(30)38/h3-28H,1-2H3. The molecule has 0 radical (unpaired) electrons. The zero-order valence-electron chi connectivity index (χ0n) is 26.5. The number of hydrogen-bond acceptors (Lipinski definition) is 0. The molecule has 220 valence electrons. The quantitative estimate of drug-likeness (QED) is 0.141. The van der Waals surface area contributed by atoms with E-state index in [0.29, 0.717) is 0 Å². The molecule has 0 saturated heterocycles. The molecule has 9 aromatic rings. The van der Waals surface area contributed by atoms with Gasteiger partial charge in [-0.15, -0.1) is 0 Å². The van der Waals surface area contributed by atoms with Gasteiger partial charge in [-0.25, -0.2) is 0 Å². The molecule has 1 aliphatic carbocycles. The molecule has 0 unspecified atom stereocenters. The van der Waals surface area contributed by atoms with Gasteiger partial charge in [0.1, 0.15) is 0 Å². The summed E-state index contributed by atoms with van der Waals surface area (Å²) in [6.07, 6.45) is 2.43. The predicted octanol–water partition coefficient (Wildman–Crippen LogP) is 13.1. The van der Waals surface area contributed by atoms with Gasteiger partial charge in [-0.3, -0.25) is 0 Å². The van der Waals surface area contributed by atoms with Crippen molar-refractivity contribution in [2.75, 3.05) is 0 Å². The second kappa shape index (κ2) is 9.64. The Bertz CT molecular complexity index is 2680. The Hall–Kier alpha value is -5.72. The van der Waals surface area contributed by atoms with Crippen molar-refractivity contribution in [2.24, 2.45) is 0 Å². The number of benzene rings is 9. The molecule has 1 aliphatic rings. The summed E-state index contributed by atoms with van der Waals surface area (Å²) in [5.41, 5.74) is 10.5. The molecule has 0 amide bonds. The van der Waals surface area contributed by atoms with Crippen LogP contribution in [0.15, 0.2) is 152 Å². The van der Waals surface area contributed by atoms with Crippen LogP contribution in [0.25, 0.3) is 87.8 Å². The first-order valence-electron chi connectivity index (χ1n) is 16.6. The van der Waals surface area contributed by atoms with E-state index < -0.39 is 0 Å². The van der Waals surface area contributed by atoms with Crippen LogP contribution in [-0.4, -0.2) is 0 Å². The van der Waals surface area contributed by atoms with Crippen LogP contribution in [0.3, 0.4) is 0 Å². The van der Waals surface area contributed by atoms with Crippen LogP contribution in [0.4, 0.5) is 0 Å². The van der Waals surface area contributed by atoms with E-state index in [9.17, 15) is 0 Å². The van der Waals surface area contributed by atoms with Crippen molar-refractivity contribution in [1.29, 1.82) is 0 Å². The number of fused-ring (bicyclic) bond motifs is 3. The van der Waals surface area contributed by atoms with Crippen molar-refractivity contribution >= 4 is 65.5 Å². The largest absolute Gasteiger partial charge is 0.0622 e. The first-order chi connectivity index (χ1) is 23.1. The lowest BCUT2D eigenvalue weighted by molar-refractivity contribution is 0.705. The molecule has 0 atom stereocenters. The zero-order valence-corrected chi connectivity index (χ0v) is 26.5. The highest BCUT2D eigenvalue weighted by Crippen LogP contribution is 2.52. The summed E-state index contributed by atoms with van der Waals surface area (Å²) in [7, 11) is 0. The molecule has 9 aromatic carbocycles. The minimum atomic E-state index is -0.104. The van der Waals surface area contributed by atoms with Gasteiger partial charge in [0, 0.05) is 5.41 Å². The molecule has 0 saturated carbocycles. The molecule has 0 N–H and O–H groups in total. The minimum absolute atomic E-state index is 0.104. The van der Waals surface area contributed by atoms with Gasteiger partial charge in [-0.2, -0.15) is 0 Å². The highest BCUT2D eigenvalue weighted by atomic mass is 14.4. The second-order valence-electron chi connectivity index (χ2n) is 13.6. The van der Waals surface area contributed by atoms with Crippen LogP contribution < -0.4 is 0 Å². The van der Waals surface area contributed by atoms with E-state index in [1.165, 1.54) is 98.4 Å². The van der Waals surface area contributed by atoms with Gasteiger partial charge in [-0.1, -0.05) is 166 Å². The van der Waals surface area contributed by atoms with Gasteiger partial charge in [0.15, 0.2) is 0 Å². The zero-order chi connectivity index (χ0) is 31.3. The second-order valence-corrected chi connectivity index (χ2v) is 13.6. The molecule has 0 spiro atoms. The van der Waals surface area contributed by atoms with Gasteiger partial charge in [-0.05, 0) is 104 Å². The molecule has 0 nitrogen and oxygen atoms in total. The smallest absolute Gasteiger partial charge is 0.0159 e. The third kappa shape index (κ3) is 3.64. The van der Waals surface area contributed by atoms with E-state index in [1.807, 2.05) is 0 Å². The molecular weight excluding hydrogens is 565 g/mol. The third-order valence-corrected chi connectivity index (χ3v) is 10.8. The van der Waals surface area contributed by atoms with Crippen LogP contribution >= 0.6 is 0 Å². The summed E-state index contributed by atoms with van der Waals surface area (Å²) >= 11 is 0. The normalized spacial score (nSPS) is 14.0. The fourth-order valence-corrected chi connectivity index (χ4v) is 8.65. The van der Waals surface area contributed by atoms with Crippen molar-refractivity contribution < 1.29 is 0 Å². The summed E-state index contributed by atoms with van der Waals surface area (Å²) in [4.78, 5) is 0. The van der Waals surface area contributed by atoms with E-state index in [0.717, 1.165) is 0 Å². The molecule has 0 bridgehead atoms. The molecule has 0 fully saturated rings. The molecule has 10 rings (SSSR count). The Morgan fingerprint density at radius 2 is 0.872 bits per heavy atom. The number of allylic oxidation sites excluding steroid dienone is 1. The lowest BCUT2D eigenvalue weighted by Crippen LogP contribution is -2.16. The van der Waals surface area contributed by atoms with E-state index in [4.69, 9.17) is 0 Å². The van der Waals surface area contributed by atoms with Crippen LogP contribution in [0.5, 0.6) is 0 Å². The Morgan fingerprint density at radius 1 is 0.383 bits per heavy atom. The summed E-state index contributed by atoms with van der Waals surface area (Å²) in [5.74, 6) is 0. The van der Waals surface area contributed by atoms with E-state index in [2.05, 4.69) is 172 Å². The maximum absolute atomic E-state index is 2.43. The Kier molecular flexibility index (Phi) is 5.44. The van der Waals surface area contributed by atoms with E-state index in [-0.39, 0.29) is 5.41 Å². The van der Waals surface area contributed by atoms with E-state index in [1.54, 1.807) is 0 Å². The highest BCUT2D eigenvalue weighted by Gasteiger charge is 2.35. The maximum Gasteiger partial charge on any atom is 0.0159 e. The topological polar surface area (TPSA) is 0 Å². The molecular formula is C47H32. The fraction of sp³-hybridized carbons (Fsp3) is 0.0638. The Morgan fingerprint density at radius 3 is 1.49 bits per heavy atom. The lowest BCUT2D eigenvalue weighted by atomic mass is 9.75. The first kappa shape index (κ1) is 26.5. The van der Waals surface area contributed by atoms with Gasteiger partial charge in [0.25, 0.3) is 0 Å². The highest BCUT2D eigenvalue weighted by molar-refractivity contribution is 6.30. The van der Waals surface area contributed by atoms with Crippen molar-refractivity contribution in [3.8, 4) is 22.3 Å². The molecule has 0 heterocycles. The van der Waals surface area contributed by atoms with Crippen LogP contribution in [0, 0.1) is 0 Å². The lowest BCUT2D eigenvalue weighted by Gasteiger charge is -2.28. The Labute approximate surface area is 274 Å². The average molecular weight is 597 g/mol. The number of rotatable bonds is 3. The van der Waals surface area contributed by atoms with E-state index >= 15 is 0 Å². The fourth-order valence-electron chi connectivity index (χ4n) is 8.65. The van der Waals surface area contributed by atoms with Crippen molar-refractivity contribution in [3.63, 3.8) is 0 Å².